The van der Waals surface area contributed by atoms with E-state index in [4.69, 9.17) is 23.2 Å². The molecule has 6 nitrogen and oxygen atoms in total. The van der Waals surface area contributed by atoms with E-state index in [2.05, 4.69) is 121 Å². The minimum absolute atomic E-state index is 0.00689. The molecule has 12 rings (SSSR count). The van der Waals surface area contributed by atoms with Gasteiger partial charge in [0.25, 0.3) is 0 Å². The Kier molecular flexibility index (Phi) is 6.42. The maximum Gasteiger partial charge on any atom is 0.159 e. The van der Waals surface area contributed by atoms with Gasteiger partial charge in [-0.2, -0.15) is 0 Å². The van der Waals surface area contributed by atoms with E-state index < -0.39 is 0 Å². The van der Waals surface area contributed by atoms with Gasteiger partial charge in [-0.15, -0.1) is 0 Å². The molecule has 0 radical (unpaired) electrons. The standard InChI is InChI=1S/C49H31N3O3/c1-2-12-29-27-30(24-23-28(29)11-1)47-50-48(36-17-10-22-42-44(36)34-14-4-7-19-39(34)54-42)52-49(51-47)37-26-25-32(46-45(37)35-15-5-8-20-40(35)55-46)31-16-9-21-41-43(31)33-13-3-6-18-38(33)53-41/h1-16,18-27,36,48H,17H2,(H,50,51,52). The van der Waals surface area contributed by atoms with Gasteiger partial charge in [0.05, 0.1) is 0 Å². The minimum Gasteiger partial charge on any atom is -0.456 e. The van der Waals surface area contributed by atoms with Crippen LogP contribution in [-0.2, 0) is 0 Å². The number of nitrogens with one attached hydrogen (secondary N) is 1. The van der Waals surface area contributed by atoms with Crippen molar-refractivity contribution in [2.75, 3.05) is 0 Å². The number of allylic oxidation sites excluding steroid dienone is 1. The van der Waals surface area contributed by atoms with Gasteiger partial charge in [0.15, 0.2) is 5.84 Å². The molecule has 4 heterocycles. The number of aliphatic imine (C=N–C) groups is 2. The lowest BCUT2D eigenvalue weighted by Gasteiger charge is -2.31. The van der Waals surface area contributed by atoms with Gasteiger partial charge in [-0.05, 0) is 71.3 Å². The zero-order chi connectivity index (χ0) is 36.0. The summed E-state index contributed by atoms with van der Waals surface area (Å²) in [4.78, 5) is 10.9. The van der Waals surface area contributed by atoms with E-state index in [1.807, 2.05) is 42.5 Å². The molecule has 260 valence electrons. The highest BCUT2D eigenvalue weighted by molar-refractivity contribution is 6.25. The molecule has 1 N–H and O–H groups in total. The number of furan rings is 3. The molecule has 2 aliphatic rings. The third-order valence-electron chi connectivity index (χ3n) is 11.3. The number of rotatable bonds is 4. The van der Waals surface area contributed by atoms with Gasteiger partial charge in [-0.1, -0.05) is 109 Å². The molecule has 0 saturated heterocycles. The number of fused-ring (bicyclic) bond motifs is 10. The zero-order valence-corrected chi connectivity index (χ0v) is 29.5. The molecule has 0 bridgehead atoms. The Morgan fingerprint density at radius 1 is 0.545 bits per heavy atom. The molecule has 2 unspecified atom stereocenters. The summed E-state index contributed by atoms with van der Waals surface area (Å²) in [6.07, 6.45) is 4.78. The largest absolute Gasteiger partial charge is 0.456 e. The van der Waals surface area contributed by atoms with Crippen LogP contribution in [0.5, 0.6) is 0 Å². The van der Waals surface area contributed by atoms with Crippen LogP contribution in [0.15, 0.2) is 175 Å². The van der Waals surface area contributed by atoms with E-state index in [1.54, 1.807) is 0 Å². The van der Waals surface area contributed by atoms with Crippen molar-refractivity contribution in [2.24, 2.45) is 9.98 Å². The van der Waals surface area contributed by atoms with Crippen LogP contribution in [-0.4, -0.2) is 17.8 Å². The highest BCUT2D eigenvalue weighted by Crippen LogP contribution is 2.44. The molecule has 1 aliphatic heterocycles. The first-order valence-electron chi connectivity index (χ1n) is 18.7. The van der Waals surface area contributed by atoms with E-state index >= 15 is 0 Å². The van der Waals surface area contributed by atoms with Crippen LogP contribution >= 0.6 is 0 Å². The molecule has 10 aromatic rings. The van der Waals surface area contributed by atoms with Crippen LogP contribution in [0.3, 0.4) is 0 Å². The van der Waals surface area contributed by atoms with Crippen molar-refractivity contribution in [1.82, 2.24) is 5.32 Å². The molecule has 55 heavy (non-hydrogen) atoms. The van der Waals surface area contributed by atoms with Gasteiger partial charge in [0, 0.05) is 55.1 Å². The fourth-order valence-corrected chi connectivity index (χ4v) is 8.82. The van der Waals surface area contributed by atoms with Crippen molar-refractivity contribution in [3.05, 3.63) is 174 Å². The van der Waals surface area contributed by atoms with Crippen molar-refractivity contribution in [3.63, 3.8) is 0 Å². The lowest BCUT2D eigenvalue weighted by molar-refractivity contribution is 0.492. The number of para-hydroxylation sites is 3. The Labute approximate surface area is 314 Å². The van der Waals surface area contributed by atoms with E-state index in [0.717, 1.165) is 101 Å². The minimum atomic E-state index is -0.322. The first kappa shape index (κ1) is 30.3. The lowest BCUT2D eigenvalue weighted by Crippen LogP contribution is -2.42. The Balaban J connectivity index is 1.10. The predicted octanol–water partition coefficient (Wildman–Crippen LogP) is 12.4. The molecule has 0 fully saturated rings. The molecule has 1 aliphatic carbocycles. The van der Waals surface area contributed by atoms with E-state index in [1.165, 1.54) is 10.9 Å². The topological polar surface area (TPSA) is 76.2 Å². The summed E-state index contributed by atoms with van der Waals surface area (Å²) in [7, 11) is 0. The van der Waals surface area contributed by atoms with Crippen LogP contribution in [0.2, 0.25) is 0 Å². The van der Waals surface area contributed by atoms with Crippen molar-refractivity contribution < 1.29 is 13.3 Å². The Hall–Kier alpha value is -7.18. The van der Waals surface area contributed by atoms with Crippen LogP contribution < -0.4 is 5.32 Å². The summed E-state index contributed by atoms with van der Waals surface area (Å²) in [6.45, 7) is 0. The molecule has 3 aromatic heterocycles. The summed E-state index contributed by atoms with van der Waals surface area (Å²) in [5.41, 5.74) is 9.33. The van der Waals surface area contributed by atoms with E-state index in [9.17, 15) is 0 Å². The summed E-state index contributed by atoms with van der Waals surface area (Å²) in [5.74, 6) is 2.34. The van der Waals surface area contributed by atoms with Crippen LogP contribution in [0.25, 0.3) is 82.8 Å². The summed E-state index contributed by atoms with van der Waals surface area (Å²) in [6, 6.07) is 50.3. The first-order valence-corrected chi connectivity index (χ1v) is 18.7. The summed E-state index contributed by atoms with van der Waals surface area (Å²) < 4.78 is 19.5. The van der Waals surface area contributed by atoms with Crippen LogP contribution in [0.4, 0.5) is 0 Å². The summed E-state index contributed by atoms with van der Waals surface area (Å²) in [5, 5.41) is 11.4. The Bertz CT molecular complexity index is 3300. The van der Waals surface area contributed by atoms with Crippen LogP contribution in [0.1, 0.15) is 34.8 Å². The number of hydrogen-bond donors (Lipinski definition) is 1. The van der Waals surface area contributed by atoms with Crippen molar-refractivity contribution in [2.45, 2.75) is 18.5 Å². The number of hydrogen-bond acceptors (Lipinski definition) is 6. The quantitative estimate of drug-likeness (QED) is 0.197. The predicted molar refractivity (Wildman–Crippen MR) is 223 cm³/mol. The smallest absolute Gasteiger partial charge is 0.159 e. The highest BCUT2D eigenvalue weighted by atomic mass is 16.3. The van der Waals surface area contributed by atoms with Gasteiger partial charge in [0.1, 0.15) is 45.7 Å². The Morgan fingerprint density at radius 2 is 1.24 bits per heavy atom. The van der Waals surface area contributed by atoms with E-state index in [0.29, 0.717) is 5.84 Å². The van der Waals surface area contributed by atoms with Crippen molar-refractivity contribution in [1.29, 1.82) is 0 Å². The molecule has 0 saturated carbocycles. The Morgan fingerprint density at radius 3 is 2.09 bits per heavy atom. The number of amidine groups is 2. The zero-order valence-electron chi connectivity index (χ0n) is 29.5. The molecular formula is C49H31N3O3. The highest BCUT2D eigenvalue weighted by Gasteiger charge is 2.34. The fourth-order valence-electron chi connectivity index (χ4n) is 8.82. The average Bonchev–Trinajstić information content (AvgIpc) is 3.95. The molecule has 7 aromatic carbocycles. The number of nitrogens with zero attached hydrogens (tertiary/aromatic N) is 2. The monoisotopic (exact) mass is 709 g/mol. The van der Waals surface area contributed by atoms with Gasteiger partial charge in [-0.3, -0.25) is 0 Å². The SMILES string of the molecule is C1=Cc2oc3ccccc3c2C(C2N=C(c3ccc(-c4cccc5oc6ccccc6c45)c4oc5ccccc5c34)N=C(c3ccc4ccccc4c3)N2)C1. The summed E-state index contributed by atoms with van der Waals surface area (Å²) >= 11 is 0. The van der Waals surface area contributed by atoms with Crippen LogP contribution in [0, 0.1) is 0 Å². The number of benzene rings is 7. The van der Waals surface area contributed by atoms with Gasteiger partial charge in [-0.25, -0.2) is 9.98 Å². The molecule has 2 atom stereocenters. The molecule has 0 amide bonds. The molecule has 0 spiro atoms. The van der Waals surface area contributed by atoms with Crippen molar-refractivity contribution in [3.8, 4) is 11.1 Å². The first-order chi connectivity index (χ1) is 27.2. The van der Waals surface area contributed by atoms with Gasteiger partial charge in [0.2, 0.25) is 0 Å². The third-order valence-corrected chi connectivity index (χ3v) is 11.3. The maximum absolute atomic E-state index is 6.82. The van der Waals surface area contributed by atoms with Gasteiger partial charge >= 0.3 is 0 Å². The fraction of sp³-hybridized carbons (Fsp3) is 0.0612. The lowest BCUT2D eigenvalue weighted by atomic mass is 9.86. The second-order valence-electron chi connectivity index (χ2n) is 14.4. The second-order valence-corrected chi connectivity index (χ2v) is 14.4. The molecule has 6 heteroatoms. The third kappa shape index (κ3) is 4.61. The maximum atomic E-state index is 6.82. The van der Waals surface area contributed by atoms with Crippen molar-refractivity contribution >= 4 is 83.4 Å². The van der Waals surface area contributed by atoms with E-state index in [-0.39, 0.29) is 12.1 Å². The normalized spacial score (nSPS) is 16.9. The molecular weight excluding hydrogens is 679 g/mol. The average molecular weight is 710 g/mol. The van der Waals surface area contributed by atoms with Gasteiger partial charge < -0.3 is 18.6 Å². The second kappa shape index (κ2) is 11.7.